The van der Waals surface area contributed by atoms with Crippen LogP contribution in [0.3, 0.4) is 0 Å². The smallest absolute Gasteiger partial charge is 0.481 e. The summed E-state index contributed by atoms with van der Waals surface area (Å²) in [6, 6.07) is 0. The van der Waals surface area contributed by atoms with Gasteiger partial charge in [0.25, 0.3) is 0 Å². The van der Waals surface area contributed by atoms with Crippen LogP contribution in [0.1, 0.15) is 59.3 Å². The molecular weight excluding hydrogens is 282 g/mol. The maximum Gasteiger partial charge on any atom is 2.00 e. The van der Waals surface area contributed by atoms with Crippen LogP contribution in [0.2, 0.25) is 0 Å². The Hall–Kier alpha value is -0.237. The summed E-state index contributed by atoms with van der Waals surface area (Å²) < 4.78 is 0. The Morgan fingerprint density at radius 3 is 1.78 bits per heavy atom. The molecule has 18 heavy (non-hydrogen) atoms. The number of unbranched alkanes of at least 4 members (excludes halogenated alkanes) is 4. The van der Waals surface area contributed by atoms with Crippen molar-refractivity contribution in [2.45, 2.75) is 59.3 Å². The third-order valence-corrected chi connectivity index (χ3v) is 1.49. The van der Waals surface area contributed by atoms with Crippen molar-refractivity contribution in [2.24, 2.45) is 5.92 Å². The van der Waals surface area contributed by atoms with Crippen LogP contribution in [-0.4, -0.2) is 17.9 Å². The van der Waals surface area contributed by atoms with Gasteiger partial charge in [0.05, 0.1) is 0 Å². The molecular formula is C14H30O3Zn. The van der Waals surface area contributed by atoms with Gasteiger partial charge < -0.3 is 24.3 Å². The predicted octanol–water partition coefficient (Wildman–Crippen LogP) is 4.17. The minimum atomic E-state index is -0.670. The molecule has 0 aromatic carbocycles. The molecule has 0 aliphatic heterocycles. The van der Waals surface area contributed by atoms with E-state index in [1.54, 1.807) is 0 Å². The number of aliphatic carboxylic acids is 1. The Balaban J connectivity index is -0.0000000607. The average molecular weight is 312 g/mol. The summed E-state index contributed by atoms with van der Waals surface area (Å²) in [5.41, 5.74) is 0. The molecule has 0 bridgehead atoms. The molecule has 0 saturated heterocycles. The molecule has 106 valence electrons. The number of hydrogen-bond donors (Lipinski definition) is 1. The molecule has 0 rings (SSSR count). The number of carboxylic acids is 1. The van der Waals surface area contributed by atoms with E-state index < -0.39 is 5.97 Å². The van der Waals surface area contributed by atoms with Gasteiger partial charge in [0.2, 0.25) is 0 Å². The van der Waals surface area contributed by atoms with E-state index in [1.807, 2.05) is 6.79 Å². The number of carbonyl (C=O) groups is 2. The maximum atomic E-state index is 10.0. The molecule has 0 unspecified atom stereocenters. The molecule has 3 nitrogen and oxygen atoms in total. The van der Waals surface area contributed by atoms with Crippen molar-refractivity contribution < 1.29 is 34.2 Å². The Morgan fingerprint density at radius 2 is 1.50 bits per heavy atom. The van der Waals surface area contributed by atoms with Crippen molar-refractivity contribution in [3.8, 4) is 0 Å². The van der Waals surface area contributed by atoms with E-state index in [9.17, 15) is 4.79 Å². The van der Waals surface area contributed by atoms with E-state index in [4.69, 9.17) is 9.90 Å². The van der Waals surface area contributed by atoms with Gasteiger partial charge in [-0.2, -0.15) is 5.92 Å². The first-order valence-electron chi connectivity index (χ1n) is 5.84. The summed E-state index contributed by atoms with van der Waals surface area (Å²) >= 11 is 0. The molecule has 0 heterocycles. The molecule has 0 aliphatic carbocycles. The first-order chi connectivity index (χ1) is 7.50. The van der Waals surface area contributed by atoms with Crippen molar-refractivity contribution in [3.05, 3.63) is 14.4 Å². The molecule has 0 spiro atoms. The van der Waals surface area contributed by atoms with Gasteiger partial charge in [0, 0.05) is 6.42 Å². The molecule has 1 N–H and O–H groups in total. The van der Waals surface area contributed by atoms with Crippen LogP contribution >= 0.6 is 0 Å². The Labute approximate surface area is 127 Å². The van der Waals surface area contributed by atoms with Crippen LogP contribution in [-0.2, 0) is 29.1 Å². The van der Waals surface area contributed by atoms with Crippen molar-refractivity contribution >= 4 is 12.8 Å². The Bertz CT molecular complexity index is 136. The topological polar surface area (TPSA) is 54.4 Å². The monoisotopic (exact) mass is 310 g/mol. The van der Waals surface area contributed by atoms with Crippen LogP contribution in [0.15, 0.2) is 0 Å². The third kappa shape index (κ3) is 75.1. The average Bonchev–Trinajstić information content (AvgIpc) is 2.19. The first kappa shape index (κ1) is 30.6. The third-order valence-electron chi connectivity index (χ3n) is 1.49. The molecule has 0 aromatic heterocycles. The van der Waals surface area contributed by atoms with Gasteiger partial charge in [-0.15, -0.1) is 0 Å². The number of rotatable bonds is 6. The second-order valence-corrected chi connectivity index (χ2v) is 3.95. The van der Waals surface area contributed by atoms with Crippen LogP contribution in [0.4, 0.5) is 0 Å². The Kier molecular flexibility index (Phi) is 51.2. The predicted molar refractivity (Wildman–Crippen MR) is 74.7 cm³/mol. The second-order valence-electron chi connectivity index (χ2n) is 3.95. The van der Waals surface area contributed by atoms with Crippen molar-refractivity contribution in [1.82, 2.24) is 0 Å². The fourth-order valence-electron chi connectivity index (χ4n) is 0.880. The van der Waals surface area contributed by atoms with Gasteiger partial charge in [0.15, 0.2) is 0 Å². The maximum absolute atomic E-state index is 10.0. The Morgan fingerprint density at radius 1 is 1.17 bits per heavy atom. The normalized spacial score (nSPS) is 7.61. The van der Waals surface area contributed by atoms with Gasteiger partial charge in [-0.1, -0.05) is 46.5 Å². The van der Waals surface area contributed by atoms with E-state index in [1.165, 1.54) is 19.3 Å². The SMILES string of the molecule is C=O.CCCCCCCC(=O)O.[CH2-]C(C)C.[CH3-].[Zn+2]. The molecule has 0 aliphatic rings. The fourth-order valence-corrected chi connectivity index (χ4v) is 0.880. The zero-order chi connectivity index (χ0) is 13.4. The van der Waals surface area contributed by atoms with E-state index in [0.717, 1.165) is 12.8 Å². The van der Waals surface area contributed by atoms with Crippen LogP contribution in [0.5, 0.6) is 0 Å². The zero-order valence-electron chi connectivity index (χ0n) is 12.7. The molecule has 0 saturated carbocycles. The first-order valence-corrected chi connectivity index (χ1v) is 5.84. The molecule has 4 heteroatoms. The summed E-state index contributed by atoms with van der Waals surface area (Å²) in [5.74, 6) is -0.0866. The quantitative estimate of drug-likeness (QED) is 0.455. The van der Waals surface area contributed by atoms with Gasteiger partial charge in [-0.05, 0) is 6.42 Å². The van der Waals surface area contributed by atoms with Crippen molar-refractivity contribution in [3.63, 3.8) is 0 Å². The fraction of sp³-hybridized carbons (Fsp3) is 0.714. The van der Waals surface area contributed by atoms with Gasteiger partial charge >= 0.3 is 25.4 Å². The molecule has 0 atom stereocenters. The molecule has 0 amide bonds. The van der Waals surface area contributed by atoms with Gasteiger partial charge in [0.1, 0.15) is 6.79 Å². The van der Waals surface area contributed by atoms with Crippen LogP contribution < -0.4 is 0 Å². The second kappa shape index (κ2) is 30.1. The van der Waals surface area contributed by atoms with E-state index in [0.29, 0.717) is 12.3 Å². The molecule has 0 fully saturated rings. The standard InChI is InChI=1S/C8H16O2.C4H9.CH2O.CH3.Zn/c1-2-3-4-5-6-7-8(9)10;1-4(2)3;1-2;;/h2-7H2,1H3,(H,9,10);4H,1H2,2-3H3;1H2;1H3;/q;-1;;-1;+2. The largest absolute Gasteiger partial charge is 2.00 e. The van der Waals surface area contributed by atoms with Crippen molar-refractivity contribution in [2.75, 3.05) is 0 Å². The van der Waals surface area contributed by atoms with E-state index >= 15 is 0 Å². The van der Waals surface area contributed by atoms with Gasteiger partial charge in [-0.25, -0.2) is 0 Å². The van der Waals surface area contributed by atoms with Crippen molar-refractivity contribution in [1.29, 1.82) is 0 Å². The van der Waals surface area contributed by atoms with E-state index in [-0.39, 0.29) is 26.9 Å². The van der Waals surface area contributed by atoms with E-state index in [2.05, 4.69) is 27.7 Å². The summed E-state index contributed by atoms with van der Waals surface area (Å²) in [6.07, 6.45) is 5.88. The number of carbonyl (C=O) groups excluding carboxylic acids is 1. The minimum Gasteiger partial charge on any atom is -0.481 e. The van der Waals surface area contributed by atoms with Gasteiger partial charge in [-0.3, -0.25) is 4.79 Å². The van der Waals surface area contributed by atoms with Crippen LogP contribution in [0.25, 0.3) is 0 Å². The van der Waals surface area contributed by atoms with Crippen LogP contribution in [0, 0.1) is 20.3 Å². The summed E-state index contributed by atoms with van der Waals surface area (Å²) in [7, 11) is 0. The number of carboxylic acid groups (broad SMARTS) is 1. The number of hydrogen-bond acceptors (Lipinski definition) is 2. The molecule has 0 radical (unpaired) electrons. The summed E-state index contributed by atoms with van der Waals surface area (Å²) in [5, 5.41) is 8.27. The molecule has 0 aromatic rings. The summed E-state index contributed by atoms with van der Waals surface area (Å²) in [4.78, 5) is 18.0. The zero-order valence-corrected chi connectivity index (χ0v) is 15.7. The minimum absolute atomic E-state index is 0. The summed E-state index contributed by atoms with van der Waals surface area (Å²) in [6.45, 7) is 11.9.